The van der Waals surface area contributed by atoms with Crippen LogP contribution < -0.4 is 4.72 Å². The highest BCUT2D eigenvalue weighted by Crippen LogP contribution is 2.42. The van der Waals surface area contributed by atoms with Gasteiger partial charge in [0.25, 0.3) is 0 Å². The molecule has 132 valence electrons. The van der Waals surface area contributed by atoms with E-state index in [-0.39, 0.29) is 23.8 Å². The molecule has 0 aromatic heterocycles. The van der Waals surface area contributed by atoms with Crippen molar-refractivity contribution < 1.29 is 31.1 Å². The second-order valence-electron chi connectivity index (χ2n) is 6.32. The first kappa shape index (κ1) is 18.3. The summed E-state index contributed by atoms with van der Waals surface area (Å²) in [5, 5.41) is 0. The lowest BCUT2D eigenvalue weighted by Crippen LogP contribution is -2.53. The number of sulfonamides is 1. The molecule has 0 amide bonds. The van der Waals surface area contributed by atoms with Gasteiger partial charge in [0.2, 0.25) is 0 Å². The standard InChI is InChI=1S/C14H20F3NO4S/c1-8(2)13(19)22-12-7-11(9-4-3-5-10(12)6-9)18-23(20,21)14(15,16)17/h9-12,18H,1,3-7H2,2H3. The molecule has 2 aliphatic carbocycles. The minimum absolute atomic E-state index is 0.0590. The van der Waals surface area contributed by atoms with Crippen LogP contribution in [0, 0.1) is 11.8 Å². The van der Waals surface area contributed by atoms with E-state index in [1.807, 2.05) is 0 Å². The number of carbonyl (C=O) groups is 1. The first-order valence-corrected chi connectivity index (χ1v) is 8.94. The minimum atomic E-state index is -5.41. The summed E-state index contributed by atoms with van der Waals surface area (Å²) in [4.78, 5) is 11.7. The number of esters is 1. The first-order valence-electron chi connectivity index (χ1n) is 7.46. The summed E-state index contributed by atoms with van der Waals surface area (Å²) in [6.45, 7) is 4.96. The molecule has 2 fully saturated rings. The Bertz CT molecular complexity index is 587. The van der Waals surface area contributed by atoms with Gasteiger partial charge in [0.05, 0.1) is 0 Å². The van der Waals surface area contributed by atoms with Gasteiger partial charge in [-0.05, 0) is 38.0 Å². The molecule has 4 atom stereocenters. The molecule has 2 saturated carbocycles. The largest absolute Gasteiger partial charge is 0.511 e. The Morgan fingerprint density at radius 1 is 1.22 bits per heavy atom. The molecule has 0 aromatic rings. The van der Waals surface area contributed by atoms with Gasteiger partial charge < -0.3 is 4.74 Å². The summed E-state index contributed by atoms with van der Waals surface area (Å²) in [5.74, 6) is -0.703. The van der Waals surface area contributed by atoms with Gasteiger partial charge >= 0.3 is 21.5 Å². The lowest BCUT2D eigenvalue weighted by molar-refractivity contribution is -0.151. The fraction of sp³-hybridized carbons (Fsp3) is 0.786. The van der Waals surface area contributed by atoms with Crippen LogP contribution in [0.25, 0.3) is 0 Å². The number of alkyl halides is 3. The van der Waals surface area contributed by atoms with Crippen LogP contribution in [0.4, 0.5) is 13.2 Å². The zero-order chi connectivity index (χ0) is 17.4. The van der Waals surface area contributed by atoms with Crippen molar-refractivity contribution in [3.63, 3.8) is 0 Å². The van der Waals surface area contributed by atoms with Crippen LogP contribution in [0.15, 0.2) is 12.2 Å². The van der Waals surface area contributed by atoms with Gasteiger partial charge in [-0.15, -0.1) is 0 Å². The Kier molecular flexibility index (Phi) is 5.10. The average Bonchev–Trinajstić information content (AvgIpc) is 2.43. The highest BCUT2D eigenvalue weighted by molar-refractivity contribution is 7.90. The van der Waals surface area contributed by atoms with Crippen LogP contribution in [0.1, 0.15) is 39.0 Å². The third-order valence-corrected chi connectivity index (χ3v) is 5.78. The van der Waals surface area contributed by atoms with E-state index in [2.05, 4.69) is 6.58 Å². The van der Waals surface area contributed by atoms with E-state index in [9.17, 15) is 26.4 Å². The van der Waals surface area contributed by atoms with Gasteiger partial charge in [0.1, 0.15) is 6.10 Å². The normalized spacial score (nSPS) is 31.5. The molecule has 2 aliphatic rings. The molecule has 23 heavy (non-hydrogen) atoms. The summed E-state index contributed by atoms with van der Waals surface area (Å²) in [5.41, 5.74) is -5.14. The Morgan fingerprint density at radius 3 is 2.39 bits per heavy atom. The quantitative estimate of drug-likeness (QED) is 0.621. The molecule has 1 N–H and O–H groups in total. The van der Waals surface area contributed by atoms with Crippen molar-refractivity contribution in [2.24, 2.45) is 11.8 Å². The zero-order valence-corrected chi connectivity index (χ0v) is 13.5. The molecular formula is C14H20F3NO4S. The molecule has 0 aliphatic heterocycles. The van der Waals surface area contributed by atoms with Crippen LogP contribution in [0.2, 0.25) is 0 Å². The Labute approximate surface area is 133 Å². The Balaban J connectivity index is 2.14. The van der Waals surface area contributed by atoms with Crippen molar-refractivity contribution in [2.75, 3.05) is 0 Å². The van der Waals surface area contributed by atoms with Crippen LogP contribution >= 0.6 is 0 Å². The molecule has 2 rings (SSSR count). The van der Waals surface area contributed by atoms with Gasteiger partial charge in [-0.2, -0.15) is 13.2 Å². The number of carbonyl (C=O) groups excluding carboxylic acids is 1. The lowest BCUT2D eigenvalue weighted by atomic mass is 9.68. The molecule has 4 unspecified atom stereocenters. The smallest absolute Gasteiger partial charge is 0.459 e. The van der Waals surface area contributed by atoms with E-state index in [1.54, 1.807) is 4.72 Å². The summed E-state index contributed by atoms with van der Waals surface area (Å²) >= 11 is 0. The number of halogens is 3. The number of nitrogens with one attached hydrogen (secondary N) is 1. The molecule has 2 bridgehead atoms. The molecule has 0 aromatic carbocycles. The van der Waals surface area contributed by atoms with Crippen molar-refractivity contribution in [3.8, 4) is 0 Å². The SMILES string of the molecule is C=C(C)C(=O)OC1CC(NS(=O)(=O)C(F)(F)F)C2CCCC1C2. The monoisotopic (exact) mass is 355 g/mol. The molecule has 0 heterocycles. The first-order chi connectivity index (χ1) is 10.5. The van der Waals surface area contributed by atoms with Gasteiger partial charge in [-0.25, -0.2) is 17.9 Å². The molecule has 0 saturated heterocycles. The summed E-state index contributed by atoms with van der Waals surface area (Å²) in [7, 11) is -5.41. The maximum atomic E-state index is 12.6. The van der Waals surface area contributed by atoms with Gasteiger partial charge in [0, 0.05) is 18.0 Å². The molecule has 0 spiro atoms. The number of hydrogen-bond acceptors (Lipinski definition) is 4. The molecule has 0 radical (unpaired) electrons. The van der Waals surface area contributed by atoms with Crippen molar-refractivity contribution in [3.05, 3.63) is 12.2 Å². The van der Waals surface area contributed by atoms with Crippen molar-refractivity contribution in [2.45, 2.75) is 56.7 Å². The van der Waals surface area contributed by atoms with Gasteiger partial charge in [-0.1, -0.05) is 13.0 Å². The second kappa shape index (κ2) is 6.43. The number of rotatable bonds is 4. The lowest BCUT2D eigenvalue weighted by Gasteiger charge is -2.44. The third-order valence-electron chi connectivity index (χ3n) is 4.55. The highest BCUT2D eigenvalue weighted by atomic mass is 32.2. The minimum Gasteiger partial charge on any atom is -0.459 e. The summed E-state index contributed by atoms with van der Waals surface area (Å²) in [6.07, 6.45) is 2.30. The number of fused-ring (bicyclic) bond motifs is 2. The highest BCUT2D eigenvalue weighted by Gasteiger charge is 2.50. The van der Waals surface area contributed by atoms with E-state index in [0.717, 1.165) is 12.8 Å². The van der Waals surface area contributed by atoms with Crippen LogP contribution in [-0.2, 0) is 19.6 Å². The van der Waals surface area contributed by atoms with E-state index >= 15 is 0 Å². The van der Waals surface area contributed by atoms with E-state index in [0.29, 0.717) is 12.8 Å². The van der Waals surface area contributed by atoms with Gasteiger partial charge in [-0.3, -0.25) is 0 Å². The topological polar surface area (TPSA) is 72.5 Å². The van der Waals surface area contributed by atoms with Gasteiger partial charge in [0.15, 0.2) is 0 Å². The molecule has 5 nitrogen and oxygen atoms in total. The number of ether oxygens (including phenoxy) is 1. The van der Waals surface area contributed by atoms with E-state index in [4.69, 9.17) is 4.74 Å². The molecular weight excluding hydrogens is 335 g/mol. The zero-order valence-electron chi connectivity index (χ0n) is 12.7. The molecule has 9 heteroatoms. The van der Waals surface area contributed by atoms with Crippen molar-refractivity contribution in [1.82, 2.24) is 4.72 Å². The maximum absolute atomic E-state index is 12.6. The Morgan fingerprint density at radius 2 is 1.83 bits per heavy atom. The maximum Gasteiger partial charge on any atom is 0.511 e. The van der Waals surface area contributed by atoms with E-state index in [1.165, 1.54) is 6.92 Å². The predicted molar refractivity (Wildman–Crippen MR) is 76.7 cm³/mol. The van der Waals surface area contributed by atoms with Crippen LogP contribution in [0.5, 0.6) is 0 Å². The van der Waals surface area contributed by atoms with Crippen molar-refractivity contribution in [1.29, 1.82) is 0 Å². The second-order valence-corrected chi connectivity index (χ2v) is 8.03. The third kappa shape index (κ3) is 4.06. The predicted octanol–water partition coefficient (Wildman–Crippen LogP) is 2.49. The Hall–Kier alpha value is -1.09. The summed E-state index contributed by atoms with van der Waals surface area (Å²) < 4.78 is 67.5. The average molecular weight is 355 g/mol. The van der Waals surface area contributed by atoms with Crippen LogP contribution in [0.3, 0.4) is 0 Å². The van der Waals surface area contributed by atoms with Crippen LogP contribution in [-0.4, -0.2) is 32.0 Å². The fourth-order valence-corrected chi connectivity index (χ4v) is 4.22. The van der Waals surface area contributed by atoms with E-state index < -0.39 is 33.6 Å². The fourth-order valence-electron chi connectivity index (χ4n) is 3.40. The number of hydrogen-bond donors (Lipinski definition) is 1. The summed E-state index contributed by atoms with van der Waals surface area (Å²) in [6, 6.07) is -0.874. The van der Waals surface area contributed by atoms with Crippen molar-refractivity contribution >= 4 is 16.0 Å².